The van der Waals surface area contributed by atoms with E-state index in [9.17, 15) is 0 Å². The Balaban J connectivity index is 1.74. The number of ether oxygens (including phenoxy) is 1. The van der Waals surface area contributed by atoms with E-state index >= 15 is 0 Å². The molecule has 30 heavy (non-hydrogen) atoms. The fourth-order valence-electron chi connectivity index (χ4n) is 3.66. The van der Waals surface area contributed by atoms with Gasteiger partial charge >= 0.3 is 0 Å². The zero-order valence-electron chi connectivity index (χ0n) is 17.7. The zero-order chi connectivity index (χ0) is 20.8. The molecule has 0 spiro atoms. The number of pyridine rings is 1. The van der Waals surface area contributed by atoms with E-state index < -0.39 is 0 Å². The molecule has 3 aromatic carbocycles. The highest BCUT2D eigenvalue weighted by Gasteiger charge is 2.11. The first-order chi connectivity index (χ1) is 14.8. The minimum atomic E-state index is 0.536. The maximum atomic E-state index is 6.33. The lowest BCUT2D eigenvalue weighted by Gasteiger charge is -2.19. The Morgan fingerprint density at radius 3 is 2.17 bits per heavy atom. The monoisotopic (exact) mass is 396 g/mol. The molecule has 3 heteroatoms. The molecule has 4 rings (SSSR count). The molecule has 0 N–H and O–H groups in total. The molecule has 0 amide bonds. The summed E-state index contributed by atoms with van der Waals surface area (Å²) in [4.78, 5) is 7.34. The third-order valence-corrected chi connectivity index (χ3v) is 5.44. The number of fused-ring (bicyclic) bond motifs is 1. The molecule has 4 aromatic rings. The molecular formula is C27H28N2O. The summed E-state index contributed by atoms with van der Waals surface area (Å²) < 4.78 is 6.33. The van der Waals surface area contributed by atoms with Gasteiger partial charge in [-0.15, -0.1) is 0 Å². The lowest BCUT2D eigenvalue weighted by molar-refractivity contribution is 0.296. The minimum absolute atomic E-state index is 0.536. The molecule has 0 radical (unpaired) electrons. The molecule has 1 aromatic heterocycles. The molecule has 0 aliphatic carbocycles. The number of aromatic nitrogens is 1. The van der Waals surface area contributed by atoms with Crippen molar-refractivity contribution in [3.8, 4) is 17.0 Å². The summed E-state index contributed by atoms with van der Waals surface area (Å²) in [6.07, 6.45) is 0. The number of hydrogen-bond donors (Lipinski definition) is 0. The predicted molar refractivity (Wildman–Crippen MR) is 125 cm³/mol. The first-order valence-corrected chi connectivity index (χ1v) is 10.6. The number of rotatable bonds is 8. The van der Waals surface area contributed by atoms with Crippen molar-refractivity contribution in [3.05, 3.63) is 96.1 Å². The Bertz CT molecular complexity index is 1090. The van der Waals surface area contributed by atoms with Crippen molar-refractivity contribution in [2.75, 3.05) is 13.1 Å². The summed E-state index contributed by atoms with van der Waals surface area (Å²) >= 11 is 0. The average molecular weight is 397 g/mol. The van der Waals surface area contributed by atoms with E-state index in [0.29, 0.717) is 6.61 Å². The highest BCUT2D eigenvalue weighted by Crippen LogP contribution is 2.31. The molecule has 0 bridgehead atoms. The van der Waals surface area contributed by atoms with Gasteiger partial charge in [0.1, 0.15) is 12.4 Å². The van der Waals surface area contributed by atoms with Crippen LogP contribution in [-0.2, 0) is 13.2 Å². The summed E-state index contributed by atoms with van der Waals surface area (Å²) in [6.45, 7) is 7.95. The van der Waals surface area contributed by atoms with Crippen molar-refractivity contribution >= 4 is 10.9 Å². The average Bonchev–Trinajstić information content (AvgIpc) is 2.82. The lowest BCUT2D eigenvalue weighted by Crippen LogP contribution is -2.22. The molecule has 0 unspecified atom stereocenters. The van der Waals surface area contributed by atoms with E-state index in [2.05, 4.69) is 67.3 Å². The van der Waals surface area contributed by atoms with Gasteiger partial charge in [-0.1, -0.05) is 80.6 Å². The molecular weight excluding hydrogens is 368 g/mol. The Hall–Kier alpha value is -3.17. The normalized spacial score (nSPS) is 11.2. The topological polar surface area (TPSA) is 25.4 Å². The van der Waals surface area contributed by atoms with E-state index in [-0.39, 0.29) is 0 Å². The van der Waals surface area contributed by atoms with Gasteiger partial charge in [-0.3, -0.25) is 4.90 Å². The third kappa shape index (κ3) is 4.69. The maximum absolute atomic E-state index is 6.33. The van der Waals surface area contributed by atoms with Crippen LogP contribution in [0.3, 0.4) is 0 Å². The summed E-state index contributed by atoms with van der Waals surface area (Å²) in [5.41, 5.74) is 5.43. The van der Waals surface area contributed by atoms with Gasteiger partial charge in [0, 0.05) is 23.6 Å². The Morgan fingerprint density at radius 2 is 1.47 bits per heavy atom. The summed E-state index contributed by atoms with van der Waals surface area (Å²) in [6, 6.07) is 29.2. The highest BCUT2D eigenvalue weighted by atomic mass is 16.5. The Morgan fingerprint density at radius 1 is 0.767 bits per heavy atom. The van der Waals surface area contributed by atoms with Crippen LogP contribution >= 0.6 is 0 Å². The second-order valence-electron chi connectivity index (χ2n) is 7.46. The van der Waals surface area contributed by atoms with Gasteiger partial charge in [0.05, 0.1) is 11.2 Å². The van der Waals surface area contributed by atoms with Crippen molar-refractivity contribution in [2.45, 2.75) is 27.0 Å². The van der Waals surface area contributed by atoms with Gasteiger partial charge < -0.3 is 4.74 Å². The number of hydrogen-bond acceptors (Lipinski definition) is 3. The molecule has 0 fully saturated rings. The second kappa shape index (κ2) is 9.55. The fourth-order valence-corrected chi connectivity index (χ4v) is 3.66. The van der Waals surface area contributed by atoms with E-state index in [1.165, 1.54) is 5.56 Å². The van der Waals surface area contributed by atoms with Crippen LogP contribution in [0.1, 0.15) is 25.0 Å². The lowest BCUT2D eigenvalue weighted by atomic mass is 10.1. The van der Waals surface area contributed by atoms with Crippen LogP contribution in [0.2, 0.25) is 0 Å². The van der Waals surface area contributed by atoms with E-state index in [0.717, 1.165) is 53.1 Å². The van der Waals surface area contributed by atoms with Crippen LogP contribution in [0.4, 0.5) is 0 Å². The number of nitrogens with zero attached hydrogens (tertiary/aromatic N) is 2. The SMILES string of the molecule is CCN(CC)Cc1ccc2nc(-c3ccccc3)cc(OCc3ccccc3)c2c1. The van der Waals surface area contributed by atoms with Crippen molar-refractivity contribution in [1.82, 2.24) is 9.88 Å². The van der Waals surface area contributed by atoms with Crippen molar-refractivity contribution in [3.63, 3.8) is 0 Å². The van der Waals surface area contributed by atoms with Gasteiger partial charge in [-0.05, 0) is 36.3 Å². The molecule has 0 atom stereocenters. The van der Waals surface area contributed by atoms with Gasteiger partial charge in [-0.2, -0.15) is 0 Å². The van der Waals surface area contributed by atoms with Gasteiger partial charge in [0.2, 0.25) is 0 Å². The summed E-state index contributed by atoms with van der Waals surface area (Å²) in [7, 11) is 0. The van der Waals surface area contributed by atoms with E-state index in [4.69, 9.17) is 9.72 Å². The predicted octanol–water partition coefficient (Wildman–Crippen LogP) is 6.32. The third-order valence-electron chi connectivity index (χ3n) is 5.44. The van der Waals surface area contributed by atoms with Gasteiger partial charge in [-0.25, -0.2) is 4.98 Å². The maximum Gasteiger partial charge on any atom is 0.131 e. The van der Waals surface area contributed by atoms with Crippen molar-refractivity contribution in [2.24, 2.45) is 0 Å². The molecule has 3 nitrogen and oxygen atoms in total. The Labute approximate surface area is 179 Å². The molecule has 0 saturated heterocycles. The molecule has 0 aliphatic heterocycles. The first kappa shape index (κ1) is 20.1. The second-order valence-corrected chi connectivity index (χ2v) is 7.46. The number of benzene rings is 3. The quantitative estimate of drug-likeness (QED) is 0.348. The van der Waals surface area contributed by atoms with Gasteiger partial charge in [0.25, 0.3) is 0 Å². The largest absolute Gasteiger partial charge is 0.488 e. The molecule has 1 heterocycles. The van der Waals surface area contributed by atoms with Crippen molar-refractivity contribution < 1.29 is 4.74 Å². The summed E-state index contributed by atoms with van der Waals surface area (Å²) in [5.74, 6) is 0.879. The van der Waals surface area contributed by atoms with Crippen molar-refractivity contribution in [1.29, 1.82) is 0 Å². The minimum Gasteiger partial charge on any atom is -0.488 e. The van der Waals surface area contributed by atoms with Crippen LogP contribution in [-0.4, -0.2) is 23.0 Å². The molecule has 0 saturated carbocycles. The van der Waals surface area contributed by atoms with Crippen LogP contribution in [0.5, 0.6) is 5.75 Å². The van der Waals surface area contributed by atoms with Crippen LogP contribution < -0.4 is 4.74 Å². The molecule has 0 aliphatic rings. The fraction of sp³-hybridized carbons (Fsp3) is 0.222. The smallest absolute Gasteiger partial charge is 0.131 e. The van der Waals surface area contributed by atoms with Gasteiger partial charge in [0.15, 0.2) is 0 Å². The summed E-state index contributed by atoms with van der Waals surface area (Å²) in [5, 5.41) is 1.07. The standard InChI is InChI=1S/C27H28N2O/c1-3-29(4-2)19-22-15-16-25-24(17-22)27(30-20-21-11-7-5-8-12-21)18-26(28-25)23-13-9-6-10-14-23/h5-18H,3-4,19-20H2,1-2H3. The van der Waals surface area contributed by atoms with Crippen LogP contribution in [0.15, 0.2) is 84.9 Å². The van der Waals surface area contributed by atoms with E-state index in [1.807, 2.05) is 36.4 Å². The first-order valence-electron chi connectivity index (χ1n) is 10.6. The Kier molecular flexibility index (Phi) is 6.41. The van der Waals surface area contributed by atoms with E-state index in [1.54, 1.807) is 0 Å². The zero-order valence-corrected chi connectivity index (χ0v) is 17.7. The van der Waals surface area contributed by atoms with Crippen LogP contribution in [0.25, 0.3) is 22.2 Å². The van der Waals surface area contributed by atoms with Crippen LogP contribution in [0, 0.1) is 0 Å². The molecule has 152 valence electrons. The highest BCUT2D eigenvalue weighted by molar-refractivity contribution is 5.88.